The van der Waals surface area contributed by atoms with E-state index < -0.39 is 11.1 Å². The number of rotatable bonds is 3. The first kappa shape index (κ1) is 12.6. The molecule has 0 aliphatic rings. The van der Waals surface area contributed by atoms with Crippen LogP contribution in [0, 0.1) is 5.92 Å². The first-order chi connectivity index (χ1) is 8.47. The lowest BCUT2D eigenvalue weighted by molar-refractivity contribution is 0.510. The number of nitrogens with one attached hydrogen (secondary N) is 2. The Balaban J connectivity index is 2.47. The van der Waals surface area contributed by atoms with Gasteiger partial charge in [0.2, 0.25) is 0 Å². The van der Waals surface area contributed by atoms with Crippen molar-refractivity contribution < 1.29 is 0 Å². The Morgan fingerprint density at radius 3 is 2.33 bits per heavy atom. The van der Waals surface area contributed by atoms with Crippen molar-refractivity contribution >= 4 is 11.0 Å². The van der Waals surface area contributed by atoms with E-state index in [0.29, 0.717) is 17.0 Å². The van der Waals surface area contributed by atoms with E-state index in [1.165, 1.54) is 0 Å². The van der Waals surface area contributed by atoms with Crippen LogP contribution in [-0.2, 0) is 0 Å². The van der Waals surface area contributed by atoms with Crippen LogP contribution in [0.25, 0.3) is 11.0 Å². The van der Waals surface area contributed by atoms with E-state index in [1.54, 1.807) is 6.07 Å². The Bertz CT molecular complexity index is 670. The maximum absolute atomic E-state index is 11.3. The first-order valence-corrected chi connectivity index (χ1v) is 5.99. The highest BCUT2D eigenvalue weighted by molar-refractivity contribution is 5.74. The molecule has 0 fully saturated rings. The Kier molecular flexibility index (Phi) is 3.34. The van der Waals surface area contributed by atoms with Gasteiger partial charge in [0.05, 0.1) is 11.0 Å². The molecule has 18 heavy (non-hydrogen) atoms. The molecule has 5 heteroatoms. The average Bonchev–Trinajstić information content (AvgIpc) is 2.29. The van der Waals surface area contributed by atoms with Crippen molar-refractivity contribution in [2.75, 3.05) is 0 Å². The SMILES string of the molecule is CC(C)CC(N)c1ccc2[nH]c(=O)c(=O)[nH]c2c1. The van der Waals surface area contributed by atoms with E-state index in [0.717, 1.165) is 12.0 Å². The molecule has 96 valence electrons. The zero-order valence-electron chi connectivity index (χ0n) is 10.5. The zero-order valence-corrected chi connectivity index (χ0v) is 10.5. The number of aromatic amines is 2. The van der Waals surface area contributed by atoms with Gasteiger partial charge < -0.3 is 15.7 Å². The van der Waals surface area contributed by atoms with Crippen LogP contribution in [0.3, 0.4) is 0 Å². The molecule has 2 aromatic rings. The molecule has 0 saturated carbocycles. The van der Waals surface area contributed by atoms with E-state index in [2.05, 4.69) is 23.8 Å². The summed E-state index contributed by atoms with van der Waals surface area (Å²) in [7, 11) is 0. The number of nitrogens with two attached hydrogens (primary N) is 1. The monoisotopic (exact) mass is 247 g/mol. The minimum atomic E-state index is -0.642. The normalized spacial score (nSPS) is 13.1. The summed E-state index contributed by atoms with van der Waals surface area (Å²) in [5.41, 5.74) is 6.99. The largest absolute Gasteiger partial charge is 0.324 e. The van der Waals surface area contributed by atoms with Gasteiger partial charge in [0.15, 0.2) is 0 Å². The smallest absolute Gasteiger partial charge is 0.314 e. The van der Waals surface area contributed by atoms with Gasteiger partial charge in [-0.05, 0) is 30.0 Å². The molecule has 0 amide bonds. The van der Waals surface area contributed by atoms with Crippen molar-refractivity contribution in [1.29, 1.82) is 0 Å². The summed E-state index contributed by atoms with van der Waals surface area (Å²) in [6.45, 7) is 4.22. The third kappa shape index (κ3) is 2.51. The molecule has 1 aromatic heterocycles. The molecule has 1 aromatic carbocycles. The molecule has 5 nitrogen and oxygen atoms in total. The standard InChI is InChI=1S/C13H17N3O2/c1-7(2)5-9(14)8-3-4-10-11(6-8)16-13(18)12(17)15-10/h3-4,6-7,9H,5,14H2,1-2H3,(H,15,17)(H,16,18). The third-order valence-electron chi connectivity index (χ3n) is 2.90. The predicted octanol–water partition coefficient (Wildman–Crippen LogP) is 1.26. The van der Waals surface area contributed by atoms with Gasteiger partial charge in [-0.1, -0.05) is 19.9 Å². The van der Waals surface area contributed by atoms with Crippen LogP contribution in [0.5, 0.6) is 0 Å². The van der Waals surface area contributed by atoms with Crippen LogP contribution in [-0.4, -0.2) is 9.97 Å². The predicted molar refractivity (Wildman–Crippen MR) is 71.6 cm³/mol. The number of benzene rings is 1. The summed E-state index contributed by atoms with van der Waals surface area (Å²) in [4.78, 5) is 27.5. The molecule has 4 N–H and O–H groups in total. The van der Waals surface area contributed by atoms with Gasteiger partial charge in [-0.15, -0.1) is 0 Å². The highest BCUT2D eigenvalue weighted by atomic mass is 16.2. The Morgan fingerprint density at radius 1 is 1.11 bits per heavy atom. The van der Waals surface area contributed by atoms with E-state index >= 15 is 0 Å². The van der Waals surface area contributed by atoms with Crippen molar-refractivity contribution in [2.45, 2.75) is 26.3 Å². The second-order valence-electron chi connectivity index (χ2n) is 4.95. The topological polar surface area (TPSA) is 91.7 Å². The number of H-pyrrole nitrogens is 2. The van der Waals surface area contributed by atoms with Crippen LogP contribution in [0.1, 0.15) is 31.9 Å². The van der Waals surface area contributed by atoms with Crippen molar-refractivity contribution in [3.63, 3.8) is 0 Å². The van der Waals surface area contributed by atoms with Gasteiger partial charge in [0, 0.05) is 6.04 Å². The summed E-state index contributed by atoms with van der Waals surface area (Å²) in [5.74, 6) is 0.505. The fraction of sp³-hybridized carbons (Fsp3) is 0.385. The number of hydrogen-bond donors (Lipinski definition) is 3. The molecule has 1 unspecified atom stereocenters. The summed E-state index contributed by atoms with van der Waals surface area (Å²) >= 11 is 0. The molecule has 0 saturated heterocycles. The van der Waals surface area contributed by atoms with Crippen LogP contribution < -0.4 is 16.9 Å². The second-order valence-corrected chi connectivity index (χ2v) is 4.95. The lowest BCUT2D eigenvalue weighted by atomic mass is 9.97. The Hall–Kier alpha value is -1.88. The molecule has 0 aliphatic carbocycles. The molecule has 0 spiro atoms. The average molecular weight is 247 g/mol. The molecule has 0 bridgehead atoms. The van der Waals surface area contributed by atoms with Crippen LogP contribution in [0.4, 0.5) is 0 Å². The molecule has 0 radical (unpaired) electrons. The summed E-state index contributed by atoms with van der Waals surface area (Å²) in [6.07, 6.45) is 0.874. The number of fused-ring (bicyclic) bond motifs is 1. The van der Waals surface area contributed by atoms with Gasteiger partial charge in [-0.25, -0.2) is 0 Å². The minimum absolute atomic E-state index is 0.0650. The maximum atomic E-state index is 11.3. The van der Waals surface area contributed by atoms with Crippen LogP contribution >= 0.6 is 0 Å². The quantitative estimate of drug-likeness (QED) is 0.713. The van der Waals surface area contributed by atoms with Gasteiger partial charge >= 0.3 is 11.1 Å². The van der Waals surface area contributed by atoms with Gasteiger partial charge in [-0.3, -0.25) is 9.59 Å². The highest BCUT2D eigenvalue weighted by Crippen LogP contribution is 2.20. The molecular formula is C13H17N3O2. The molecule has 1 heterocycles. The van der Waals surface area contributed by atoms with Gasteiger partial charge in [-0.2, -0.15) is 0 Å². The molecule has 1 atom stereocenters. The van der Waals surface area contributed by atoms with Crippen molar-refractivity contribution in [3.8, 4) is 0 Å². The lowest BCUT2D eigenvalue weighted by Gasteiger charge is -2.14. The van der Waals surface area contributed by atoms with E-state index in [4.69, 9.17) is 5.73 Å². The molecule has 0 aliphatic heterocycles. The third-order valence-corrected chi connectivity index (χ3v) is 2.90. The molecule has 2 rings (SSSR count). The highest BCUT2D eigenvalue weighted by Gasteiger charge is 2.09. The minimum Gasteiger partial charge on any atom is -0.324 e. The van der Waals surface area contributed by atoms with Crippen LogP contribution in [0.2, 0.25) is 0 Å². The molecular weight excluding hydrogens is 230 g/mol. The maximum Gasteiger partial charge on any atom is 0.314 e. The lowest BCUT2D eigenvalue weighted by Crippen LogP contribution is -2.29. The van der Waals surface area contributed by atoms with Gasteiger partial charge in [0.25, 0.3) is 0 Å². The van der Waals surface area contributed by atoms with E-state index in [-0.39, 0.29) is 6.04 Å². The first-order valence-electron chi connectivity index (χ1n) is 5.99. The summed E-state index contributed by atoms with van der Waals surface area (Å²) in [6, 6.07) is 5.40. The second kappa shape index (κ2) is 4.78. The Labute approximate surface area is 104 Å². The fourth-order valence-electron chi connectivity index (χ4n) is 2.01. The Morgan fingerprint density at radius 2 is 1.72 bits per heavy atom. The van der Waals surface area contributed by atoms with Crippen molar-refractivity contribution in [1.82, 2.24) is 9.97 Å². The summed E-state index contributed by atoms with van der Waals surface area (Å²) in [5, 5.41) is 0. The van der Waals surface area contributed by atoms with Crippen LogP contribution in [0.15, 0.2) is 27.8 Å². The number of aromatic nitrogens is 2. The van der Waals surface area contributed by atoms with E-state index in [1.807, 2.05) is 12.1 Å². The van der Waals surface area contributed by atoms with Gasteiger partial charge in [0.1, 0.15) is 0 Å². The van der Waals surface area contributed by atoms with E-state index in [9.17, 15) is 9.59 Å². The van der Waals surface area contributed by atoms with Crippen molar-refractivity contribution in [3.05, 3.63) is 44.5 Å². The fourth-order valence-corrected chi connectivity index (χ4v) is 2.01. The van der Waals surface area contributed by atoms with Crippen molar-refractivity contribution in [2.24, 2.45) is 11.7 Å². The summed E-state index contributed by atoms with van der Waals surface area (Å²) < 4.78 is 0. The zero-order chi connectivity index (χ0) is 13.3. The number of hydrogen-bond acceptors (Lipinski definition) is 3.